The summed E-state index contributed by atoms with van der Waals surface area (Å²) >= 11 is 5.83. The van der Waals surface area contributed by atoms with Crippen LogP contribution in [-0.2, 0) is 9.59 Å². The van der Waals surface area contributed by atoms with E-state index < -0.39 is 12.0 Å². The van der Waals surface area contributed by atoms with Gasteiger partial charge in [-0.2, -0.15) is 12.6 Å². The quantitative estimate of drug-likeness (QED) is 0.782. The topological polar surface area (TPSA) is 57.6 Å². The Kier molecular flexibility index (Phi) is 5.66. The van der Waals surface area contributed by atoms with Crippen molar-refractivity contribution in [2.75, 3.05) is 11.5 Å². The normalized spacial score (nSPS) is 29.4. The molecule has 1 amide bonds. The van der Waals surface area contributed by atoms with Gasteiger partial charge in [-0.05, 0) is 18.8 Å². The van der Waals surface area contributed by atoms with Crippen LogP contribution in [0.1, 0.15) is 39.0 Å². The molecule has 0 aromatic rings. The van der Waals surface area contributed by atoms with Crippen LogP contribution >= 0.6 is 24.4 Å². The molecule has 2 fully saturated rings. The summed E-state index contributed by atoms with van der Waals surface area (Å²) in [6.07, 6.45) is 5.89. The van der Waals surface area contributed by atoms with Crippen molar-refractivity contribution in [1.82, 2.24) is 4.90 Å². The number of carboxylic acids is 1. The molecule has 1 saturated carbocycles. The fraction of sp³-hybridized carbons (Fsp3) is 0.857. The summed E-state index contributed by atoms with van der Waals surface area (Å²) in [5.41, 5.74) is 0. The molecule has 0 aromatic heterocycles. The van der Waals surface area contributed by atoms with Gasteiger partial charge in [-0.15, -0.1) is 11.8 Å². The molecule has 114 valence electrons. The summed E-state index contributed by atoms with van der Waals surface area (Å²) in [5.74, 6) is 0.285. The summed E-state index contributed by atoms with van der Waals surface area (Å²) < 4.78 is 0. The van der Waals surface area contributed by atoms with Gasteiger partial charge in [-0.1, -0.05) is 26.2 Å². The third-order valence-corrected chi connectivity index (χ3v) is 6.33. The van der Waals surface area contributed by atoms with Crippen LogP contribution in [0.5, 0.6) is 0 Å². The molecule has 6 heteroatoms. The largest absolute Gasteiger partial charge is 0.480 e. The molecule has 1 saturated heterocycles. The standard InChI is InChI=1S/C14H23NO3S2/c1-9(7-19)12(16)15-11(14(17)18)8-20-13(15)10-5-3-2-4-6-10/h9-11,13,19H,2-8H2,1H3,(H,17,18)/t9?,11-,13?/m0/s1. The summed E-state index contributed by atoms with van der Waals surface area (Å²) in [6, 6.07) is -0.665. The molecule has 0 radical (unpaired) electrons. The molecule has 3 atom stereocenters. The number of aliphatic carboxylic acids is 1. The molecule has 0 bridgehead atoms. The van der Waals surface area contributed by atoms with Crippen molar-refractivity contribution in [3.8, 4) is 0 Å². The van der Waals surface area contributed by atoms with Gasteiger partial charge >= 0.3 is 5.97 Å². The number of nitrogens with zero attached hydrogens (tertiary/aromatic N) is 1. The number of carboxylic acid groups (broad SMARTS) is 1. The Morgan fingerprint density at radius 3 is 2.55 bits per heavy atom. The molecule has 2 aliphatic rings. The van der Waals surface area contributed by atoms with Gasteiger partial charge in [0.2, 0.25) is 5.91 Å². The Morgan fingerprint density at radius 2 is 2.00 bits per heavy atom. The molecule has 2 unspecified atom stereocenters. The van der Waals surface area contributed by atoms with Gasteiger partial charge in [0.25, 0.3) is 0 Å². The Hall–Kier alpha value is -0.360. The van der Waals surface area contributed by atoms with Gasteiger partial charge in [0.15, 0.2) is 0 Å². The SMILES string of the molecule is CC(CS)C(=O)N1C(C2CCCCC2)SC[C@H]1C(=O)O. The van der Waals surface area contributed by atoms with Crippen molar-refractivity contribution in [3.63, 3.8) is 0 Å². The molecular weight excluding hydrogens is 294 g/mol. The maximum Gasteiger partial charge on any atom is 0.327 e. The Morgan fingerprint density at radius 1 is 1.35 bits per heavy atom. The van der Waals surface area contributed by atoms with E-state index in [4.69, 9.17) is 0 Å². The van der Waals surface area contributed by atoms with Crippen LogP contribution in [-0.4, -0.2) is 44.8 Å². The van der Waals surface area contributed by atoms with Crippen LogP contribution in [0.3, 0.4) is 0 Å². The van der Waals surface area contributed by atoms with E-state index in [1.54, 1.807) is 16.7 Å². The molecule has 1 N–H and O–H groups in total. The van der Waals surface area contributed by atoms with Crippen molar-refractivity contribution in [2.24, 2.45) is 11.8 Å². The highest BCUT2D eigenvalue weighted by atomic mass is 32.2. The van der Waals surface area contributed by atoms with Crippen LogP contribution in [0.15, 0.2) is 0 Å². The summed E-state index contributed by atoms with van der Waals surface area (Å²) in [4.78, 5) is 25.6. The monoisotopic (exact) mass is 317 g/mol. The summed E-state index contributed by atoms with van der Waals surface area (Å²) in [7, 11) is 0. The highest BCUT2D eigenvalue weighted by Gasteiger charge is 2.45. The van der Waals surface area contributed by atoms with Crippen LogP contribution in [0.4, 0.5) is 0 Å². The van der Waals surface area contributed by atoms with Crippen LogP contribution in [0, 0.1) is 11.8 Å². The number of rotatable bonds is 4. The minimum atomic E-state index is -0.879. The second-order valence-corrected chi connectivity index (χ2v) is 7.32. The second kappa shape index (κ2) is 7.07. The fourth-order valence-corrected chi connectivity index (χ4v) is 4.91. The van der Waals surface area contributed by atoms with Gasteiger partial charge in [0.1, 0.15) is 6.04 Å². The highest BCUT2D eigenvalue weighted by Crippen LogP contribution is 2.41. The molecule has 1 aliphatic carbocycles. The van der Waals surface area contributed by atoms with E-state index in [9.17, 15) is 14.7 Å². The van der Waals surface area contributed by atoms with E-state index in [0.29, 0.717) is 17.4 Å². The molecule has 2 rings (SSSR count). The van der Waals surface area contributed by atoms with Crippen LogP contribution < -0.4 is 0 Å². The highest BCUT2D eigenvalue weighted by molar-refractivity contribution is 8.00. The third-order valence-electron chi connectivity index (χ3n) is 4.32. The molecule has 1 heterocycles. The zero-order chi connectivity index (χ0) is 14.7. The second-order valence-electron chi connectivity index (χ2n) is 5.81. The number of amides is 1. The predicted molar refractivity (Wildman–Crippen MR) is 84.1 cm³/mol. The van der Waals surface area contributed by atoms with E-state index in [1.165, 1.54) is 19.3 Å². The number of thiol groups is 1. The Balaban J connectivity index is 2.17. The minimum Gasteiger partial charge on any atom is -0.480 e. The van der Waals surface area contributed by atoms with Crippen molar-refractivity contribution >= 4 is 36.3 Å². The predicted octanol–water partition coefficient (Wildman–Crippen LogP) is 2.49. The maximum absolute atomic E-state index is 12.5. The fourth-order valence-electron chi connectivity index (χ4n) is 3.11. The van der Waals surface area contributed by atoms with E-state index in [1.807, 2.05) is 6.92 Å². The average molecular weight is 317 g/mol. The Labute approximate surface area is 130 Å². The smallest absolute Gasteiger partial charge is 0.327 e. The van der Waals surface area contributed by atoms with Crippen molar-refractivity contribution in [3.05, 3.63) is 0 Å². The van der Waals surface area contributed by atoms with Gasteiger partial charge in [-0.3, -0.25) is 4.79 Å². The molecule has 20 heavy (non-hydrogen) atoms. The lowest BCUT2D eigenvalue weighted by molar-refractivity contribution is -0.151. The zero-order valence-corrected chi connectivity index (χ0v) is 13.5. The van der Waals surface area contributed by atoms with E-state index in [-0.39, 0.29) is 17.2 Å². The van der Waals surface area contributed by atoms with Crippen LogP contribution in [0.25, 0.3) is 0 Å². The lowest BCUT2D eigenvalue weighted by Crippen LogP contribution is -2.50. The molecule has 4 nitrogen and oxygen atoms in total. The van der Waals surface area contributed by atoms with E-state index in [0.717, 1.165) is 12.8 Å². The number of hydrogen-bond donors (Lipinski definition) is 2. The van der Waals surface area contributed by atoms with Crippen molar-refractivity contribution < 1.29 is 14.7 Å². The van der Waals surface area contributed by atoms with Crippen molar-refractivity contribution in [1.29, 1.82) is 0 Å². The molecule has 0 aromatic carbocycles. The molecule has 0 spiro atoms. The first-order valence-electron chi connectivity index (χ1n) is 7.33. The van der Waals surface area contributed by atoms with Gasteiger partial charge in [0, 0.05) is 17.4 Å². The van der Waals surface area contributed by atoms with Crippen LogP contribution in [0.2, 0.25) is 0 Å². The van der Waals surface area contributed by atoms with Gasteiger partial charge in [0.05, 0.1) is 5.37 Å². The number of thioether (sulfide) groups is 1. The lowest BCUT2D eigenvalue weighted by Gasteiger charge is -2.36. The van der Waals surface area contributed by atoms with E-state index >= 15 is 0 Å². The number of hydrogen-bond acceptors (Lipinski definition) is 4. The third kappa shape index (κ3) is 3.27. The number of carbonyl (C=O) groups is 2. The zero-order valence-electron chi connectivity index (χ0n) is 11.8. The first-order valence-corrected chi connectivity index (χ1v) is 9.01. The first-order chi connectivity index (χ1) is 9.56. The maximum atomic E-state index is 12.5. The van der Waals surface area contributed by atoms with E-state index in [2.05, 4.69) is 12.6 Å². The number of carbonyl (C=O) groups excluding carboxylic acids is 1. The average Bonchev–Trinajstić information content (AvgIpc) is 2.91. The Bertz CT molecular complexity index is 371. The van der Waals surface area contributed by atoms with Gasteiger partial charge in [-0.25, -0.2) is 4.79 Å². The first kappa shape index (κ1) is 16.0. The lowest BCUT2D eigenvalue weighted by atomic mass is 9.88. The summed E-state index contributed by atoms with van der Waals surface area (Å²) in [6.45, 7) is 1.83. The van der Waals surface area contributed by atoms with Gasteiger partial charge < -0.3 is 10.0 Å². The molecule has 1 aliphatic heterocycles. The van der Waals surface area contributed by atoms with Crippen molar-refractivity contribution in [2.45, 2.75) is 50.4 Å². The molecular formula is C14H23NO3S2. The summed E-state index contributed by atoms with van der Waals surface area (Å²) in [5, 5.41) is 9.42. The minimum absolute atomic E-state index is 0.0474.